The van der Waals surface area contributed by atoms with Crippen molar-refractivity contribution in [2.24, 2.45) is 0 Å². The van der Waals surface area contributed by atoms with Gasteiger partial charge in [-0.25, -0.2) is 4.79 Å². The van der Waals surface area contributed by atoms with Gasteiger partial charge in [-0.05, 0) is 12.1 Å². The summed E-state index contributed by atoms with van der Waals surface area (Å²) in [5.74, 6) is -2.08. The van der Waals surface area contributed by atoms with Gasteiger partial charge in [0, 0.05) is 26.2 Å². The summed E-state index contributed by atoms with van der Waals surface area (Å²) in [5, 5.41) is 10.9. The van der Waals surface area contributed by atoms with Gasteiger partial charge in [0.2, 0.25) is 5.91 Å². The lowest BCUT2D eigenvalue weighted by molar-refractivity contribution is -0.131. The van der Waals surface area contributed by atoms with Gasteiger partial charge in [0.15, 0.2) is 0 Å². The summed E-state index contributed by atoms with van der Waals surface area (Å²) in [4.78, 5) is 35.0. The highest BCUT2D eigenvalue weighted by atomic mass is 16.4. The number of nitrogens with zero attached hydrogens (tertiary/aromatic N) is 1. The summed E-state index contributed by atoms with van der Waals surface area (Å²) in [7, 11) is 3.20. The molecule has 0 aliphatic heterocycles. The van der Waals surface area contributed by atoms with E-state index < -0.39 is 11.9 Å². The molecule has 2 N–H and O–H groups in total. The molecule has 6 nitrogen and oxygen atoms in total. The third kappa shape index (κ3) is 4.27. The maximum atomic E-state index is 11.9. The first-order chi connectivity index (χ1) is 8.91. The highest BCUT2D eigenvalue weighted by molar-refractivity contribution is 6.07. The molecule has 0 radical (unpaired) electrons. The van der Waals surface area contributed by atoms with Crippen LogP contribution in [0.25, 0.3) is 0 Å². The zero-order valence-corrected chi connectivity index (χ0v) is 10.6. The van der Waals surface area contributed by atoms with Gasteiger partial charge < -0.3 is 15.3 Å². The molecule has 0 bridgehead atoms. The number of carbonyl (C=O) groups excluding carboxylic acids is 2. The van der Waals surface area contributed by atoms with E-state index in [1.807, 2.05) is 0 Å². The molecular formula is C13H14N2O4. The maximum absolute atomic E-state index is 11.9. The molecule has 0 unspecified atom stereocenters. The summed E-state index contributed by atoms with van der Waals surface area (Å²) in [5.41, 5.74) is 0.672. The van der Waals surface area contributed by atoms with Crippen LogP contribution >= 0.6 is 0 Å². The Morgan fingerprint density at radius 2 is 1.79 bits per heavy atom. The lowest BCUT2D eigenvalue weighted by atomic mass is 10.1. The predicted molar refractivity (Wildman–Crippen MR) is 69.9 cm³/mol. The number of para-hydroxylation sites is 1. The lowest BCUT2D eigenvalue weighted by Gasteiger charge is -2.13. The molecule has 1 aromatic rings. The normalized spacial score (nSPS) is 10.2. The van der Waals surface area contributed by atoms with Crippen LogP contribution in [0, 0.1) is 0 Å². The number of nitrogens with one attached hydrogen (secondary N) is 1. The SMILES string of the molecule is CN(C)C(=O)c1ccccc1NC(=O)C=CC(=O)O. The fraction of sp³-hybridized carbons (Fsp3) is 0.154. The van der Waals surface area contributed by atoms with Crippen LogP contribution in [-0.4, -0.2) is 41.9 Å². The second kappa shape index (κ2) is 6.34. The Morgan fingerprint density at radius 3 is 2.37 bits per heavy atom. The first-order valence-electron chi connectivity index (χ1n) is 5.44. The van der Waals surface area contributed by atoms with E-state index in [1.165, 1.54) is 4.90 Å². The number of hydrogen-bond acceptors (Lipinski definition) is 3. The molecule has 1 aromatic carbocycles. The molecule has 19 heavy (non-hydrogen) atoms. The third-order valence-electron chi connectivity index (χ3n) is 2.20. The molecule has 2 amide bonds. The van der Waals surface area contributed by atoms with Crippen LogP contribution in [-0.2, 0) is 9.59 Å². The number of carbonyl (C=O) groups is 3. The zero-order chi connectivity index (χ0) is 14.4. The van der Waals surface area contributed by atoms with E-state index >= 15 is 0 Å². The lowest BCUT2D eigenvalue weighted by Crippen LogP contribution is -2.23. The van der Waals surface area contributed by atoms with Crippen molar-refractivity contribution in [3.63, 3.8) is 0 Å². The molecule has 0 aromatic heterocycles. The minimum absolute atomic E-state index is 0.252. The smallest absolute Gasteiger partial charge is 0.328 e. The number of amides is 2. The van der Waals surface area contributed by atoms with Gasteiger partial charge in [-0.3, -0.25) is 9.59 Å². The minimum atomic E-state index is -1.21. The highest BCUT2D eigenvalue weighted by Gasteiger charge is 2.13. The molecule has 0 aliphatic rings. The number of hydrogen-bond donors (Lipinski definition) is 2. The predicted octanol–water partition coefficient (Wildman–Crippen LogP) is 0.968. The number of carboxylic acid groups (broad SMARTS) is 1. The Balaban J connectivity index is 2.93. The Kier molecular flexibility index (Phi) is 4.82. The van der Waals surface area contributed by atoms with Gasteiger partial charge in [-0.1, -0.05) is 12.1 Å². The van der Waals surface area contributed by atoms with Crippen LogP contribution in [0.5, 0.6) is 0 Å². The number of rotatable bonds is 4. The summed E-state index contributed by atoms with van der Waals surface area (Å²) in [6.07, 6.45) is 1.62. The number of anilines is 1. The van der Waals surface area contributed by atoms with Crippen LogP contribution in [0.2, 0.25) is 0 Å². The van der Waals surface area contributed by atoms with Gasteiger partial charge in [-0.15, -0.1) is 0 Å². The largest absolute Gasteiger partial charge is 0.478 e. The van der Waals surface area contributed by atoms with Gasteiger partial charge in [0.1, 0.15) is 0 Å². The zero-order valence-electron chi connectivity index (χ0n) is 10.6. The van der Waals surface area contributed by atoms with E-state index in [1.54, 1.807) is 38.4 Å². The van der Waals surface area contributed by atoms with E-state index in [0.717, 1.165) is 12.2 Å². The van der Waals surface area contributed by atoms with E-state index in [-0.39, 0.29) is 5.91 Å². The van der Waals surface area contributed by atoms with Gasteiger partial charge >= 0.3 is 5.97 Å². The fourth-order valence-electron chi connectivity index (χ4n) is 1.34. The number of carboxylic acids is 1. The summed E-state index contributed by atoms with van der Waals surface area (Å²) < 4.78 is 0. The number of aliphatic carboxylic acids is 1. The quantitative estimate of drug-likeness (QED) is 0.791. The van der Waals surface area contributed by atoms with Crippen molar-refractivity contribution in [3.05, 3.63) is 42.0 Å². The van der Waals surface area contributed by atoms with Crippen LogP contribution in [0.4, 0.5) is 5.69 Å². The van der Waals surface area contributed by atoms with Crippen LogP contribution in [0.1, 0.15) is 10.4 Å². The van der Waals surface area contributed by atoms with Crippen molar-refractivity contribution >= 4 is 23.5 Å². The van der Waals surface area contributed by atoms with Crippen molar-refractivity contribution < 1.29 is 19.5 Å². The molecule has 0 heterocycles. The Labute approximate surface area is 110 Å². The number of benzene rings is 1. The molecule has 6 heteroatoms. The summed E-state index contributed by atoms with van der Waals surface area (Å²) in [6, 6.07) is 6.50. The Morgan fingerprint density at radius 1 is 1.16 bits per heavy atom. The van der Waals surface area contributed by atoms with E-state index in [4.69, 9.17) is 5.11 Å². The standard InChI is InChI=1S/C13H14N2O4/c1-15(2)13(19)9-5-3-4-6-10(9)14-11(16)7-8-12(17)18/h3-8H,1-2H3,(H,14,16)(H,17,18). The van der Waals surface area contributed by atoms with Crippen molar-refractivity contribution in [2.75, 3.05) is 19.4 Å². The topological polar surface area (TPSA) is 86.7 Å². The fourth-order valence-corrected chi connectivity index (χ4v) is 1.34. The second-order valence-corrected chi connectivity index (χ2v) is 3.91. The molecule has 100 valence electrons. The maximum Gasteiger partial charge on any atom is 0.328 e. The minimum Gasteiger partial charge on any atom is -0.478 e. The first-order valence-corrected chi connectivity index (χ1v) is 5.44. The van der Waals surface area contributed by atoms with Crippen LogP contribution in [0.3, 0.4) is 0 Å². The van der Waals surface area contributed by atoms with Gasteiger partial charge in [0.25, 0.3) is 5.91 Å². The molecular weight excluding hydrogens is 248 g/mol. The van der Waals surface area contributed by atoms with Crippen LogP contribution < -0.4 is 5.32 Å². The molecule has 0 fully saturated rings. The van der Waals surface area contributed by atoms with E-state index in [0.29, 0.717) is 11.3 Å². The van der Waals surface area contributed by atoms with Crippen LogP contribution in [0.15, 0.2) is 36.4 Å². The van der Waals surface area contributed by atoms with Crippen molar-refractivity contribution in [1.29, 1.82) is 0 Å². The average molecular weight is 262 g/mol. The molecule has 0 aliphatic carbocycles. The Hall–Kier alpha value is -2.63. The van der Waals surface area contributed by atoms with Gasteiger partial charge in [-0.2, -0.15) is 0 Å². The molecule has 1 rings (SSSR count). The van der Waals surface area contributed by atoms with Crippen molar-refractivity contribution in [3.8, 4) is 0 Å². The first kappa shape index (κ1) is 14.4. The Bertz CT molecular complexity index is 535. The van der Waals surface area contributed by atoms with Crippen molar-refractivity contribution in [1.82, 2.24) is 4.90 Å². The van der Waals surface area contributed by atoms with Gasteiger partial charge in [0.05, 0.1) is 11.3 Å². The monoisotopic (exact) mass is 262 g/mol. The average Bonchev–Trinajstić information content (AvgIpc) is 2.36. The second-order valence-electron chi connectivity index (χ2n) is 3.91. The van der Waals surface area contributed by atoms with E-state index in [2.05, 4.69) is 5.32 Å². The third-order valence-corrected chi connectivity index (χ3v) is 2.20. The summed E-state index contributed by atoms with van der Waals surface area (Å²) >= 11 is 0. The molecule has 0 saturated carbocycles. The van der Waals surface area contributed by atoms with Crippen molar-refractivity contribution in [2.45, 2.75) is 0 Å². The highest BCUT2D eigenvalue weighted by Crippen LogP contribution is 2.16. The summed E-state index contributed by atoms with van der Waals surface area (Å²) in [6.45, 7) is 0. The van der Waals surface area contributed by atoms with E-state index in [9.17, 15) is 14.4 Å². The molecule has 0 atom stereocenters. The molecule has 0 saturated heterocycles. The molecule has 0 spiro atoms.